The molecule has 0 aliphatic heterocycles. The van der Waals surface area contributed by atoms with Crippen molar-refractivity contribution in [3.05, 3.63) is 93.7 Å². The molecular weight excluding hydrogens is 444 g/mol. The van der Waals surface area contributed by atoms with Crippen molar-refractivity contribution in [2.24, 2.45) is 0 Å². The topological polar surface area (TPSA) is 34.4 Å². The highest BCUT2D eigenvalue weighted by molar-refractivity contribution is 9.10. The fourth-order valence-corrected chi connectivity index (χ4v) is 5.43. The first-order valence-electron chi connectivity index (χ1n) is 9.22. The predicted molar refractivity (Wildman–Crippen MR) is 125 cm³/mol. The van der Waals surface area contributed by atoms with Crippen molar-refractivity contribution < 1.29 is 0 Å². The highest BCUT2D eigenvalue weighted by atomic mass is 79.9. The summed E-state index contributed by atoms with van der Waals surface area (Å²) in [4.78, 5) is 19.6. The zero-order chi connectivity index (χ0) is 19.5. The Kier molecular flexibility index (Phi) is 3.63. The molecule has 138 valence electrons. The van der Waals surface area contributed by atoms with Crippen LogP contribution in [0.4, 0.5) is 0 Å². The van der Waals surface area contributed by atoms with Gasteiger partial charge in [-0.2, -0.15) is 0 Å². The monoisotopic (exact) mass is 456 g/mol. The van der Waals surface area contributed by atoms with E-state index in [2.05, 4.69) is 22.0 Å². The van der Waals surface area contributed by atoms with Gasteiger partial charge in [-0.05, 0) is 30.3 Å². The minimum Gasteiger partial charge on any atom is -0.268 e. The van der Waals surface area contributed by atoms with Crippen LogP contribution in [0, 0.1) is 0 Å². The van der Waals surface area contributed by atoms with E-state index in [4.69, 9.17) is 4.98 Å². The highest BCUT2D eigenvalue weighted by Crippen LogP contribution is 2.36. The second-order valence-corrected chi connectivity index (χ2v) is 8.92. The fraction of sp³-hybridized carbons (Fsp3) is 0. The van der Waals surface area contributed by atoms with E-state index in [0.717, 1.165) is 52.5 Å². The van der Waals surface area contributed by atoms with Gasteiger partial charge in [0.05, 0.1) is 26.8 Å². The van der Waals surface area contributed by atoms with Gasteiger partial charge in [0.15, 0.2) is 0 Å². The van der Waals surface area contributed by atoms with E-state index in [9.17, 15) is 4.79 Å². The Morgan fingerprint density at radius 2 is 1.66 bits per heavy atom. The molecule has 5 heteroatoms. The molecule has 0 unspecified atom stereocenters. The fourth-order valence-electron chi connectivity index (χ4n) is 3.94. The van der Waals surface area contributed by atoms with Crippen molar-refractivity contribution in [2.45, 2.75) is 0 Å². The van der Waals surface area contributed by atoms with Crippen molar-refractivity contribution >= 4 is 64.0 Å². The Balaban J connectivity index is 1.88. The summed E-state index contributed by atoms with van der Waals surface area (Å²) in [6.07, 6.45) is 0. The van der Waals surface area contributed by atoms with Gasteiger partial charge in [0, 0.05) is 20.8 Å². The van der Waals surface area contributed by atoms with E-state index in [1.165, 1.54) is 0 Å². The molecule has 0 aliphatic carbocycles. The maximum Gasteiger partial charge on any atom is 0.265 e. The molecule has 0 spiro atoms. The molecule has 3 nitrogen and oxygen atoms in total. The molecule has 0 atom stereocenters. The third-order valence-corrected chi connectivity index (χ3v) is 6.91. The highest BCUT2D eigenvalue weighted by Gasteiger charge is 2.17. The van der Waals surface area contributed by atoms with Crippen LogP contribution >= 0.6 is 27.3 Å². The molecule has 0 radical (unpaired) electrons. The van der Waals surface area contributed by atoms with Crippen LogP contribution in [0.5, 0.6) is 0 Å². The molecule has 3 heterocycles. The van der Waals surface area contributed by atoms with Gasteiger partial charge >= 0.3 is 0 Å². The summed E-state index contributed by atoms with van der Waals surface area (Å²) in [5, 5.41) is 2.69. The number of halogens is 1. The van der Waals surface area contributed by atoms with E-state index in [1.54, 1.807) is 11.3 Å². The number of nitrogens with zero attached hydrogens (tertiary/aromatic N) is 2. The maximum absolute atomic E-state index is 13.7. The van der Waals surface area contributed by atoms with Crippen molar-refractivity contribution in [3.63, 3.8) is 0 Å². The van der Waals surface area contributed by atoms with E-state index < -0.39 is 0 Å². The second-order valence-electron chi connectivity index (χ2n) is 6.97. The Hall–Kier alpha value is -3.02. The number of benzene rings is 3. The standard InChI is InChI=1S/C24H13BrN2OS/c25-16-11-9-14(10-12-16)22-23-21(17-6-2-3-7-18(17)26-22)24(28)27-19-8-4-1-5-15(19)13-20(27)29-23/h1-13H. The SMILES string of the molecule is O=c1c2c(sc3cc4ccccc4n13)c(-c1ccc(Br)cc1)nc1ccccc12. The molecule has 0 aliphatic rings. The van der Waals surface area contributed by atoms with Gasteiger partial charge < -0.3 is 0 Å². The molecule has 6 rings (SSSR count). The average Bonchev–Trinajstić information content (AvgIpc) is 3.12. The quantitative estimate of drug-likeness (QED) is 0.259. The van der Waals surface area contributed by atoms with Crippen LogP contribution in [0.1, 0.15) is 0 Å². The number of hydrogen-bond donors (Lipinski definition) is 0. The number of fused-ring (bicyclic) bond motifs is 6. The summed E-state index contributed by atoms with van der Waals surface area (Å²) < 4.78 is 3.77. The van der Waals surface area contributed by atoms with Crippen LogP contribution in [0.15, 0.2) is 88.1 Å². The minimum atomic E-state index is 0.00640. The summed E-state index contributed by atoms with van der Waals surface area (Å²) in [6.45, 7) is 0. The summed E-state index contributed by atoms with van der Waals surface area (Å²) in [6, 6.07) is 26.1. The van der Waals surface area contributed by atoms with Gasteiger partial charge in [0.25, 0.3) is 5.56 Å². The van der Waals surface area contributed by atoms with Gasteiger partial charge in [-0.1, -0.05) is 64.5 Å². The molecular formula is C24H13BrN2OS. The zero-order valence-corrected chi connectivity index (χ0v) is 17.5. The summed E-state index contributed by atoms with van der Waals surface area (Å²) in [5.41, 5.74) is 3.63. The lowest BCUT2D eigenvalue weighted by Gasteiger charge is -2.10. The first-order valence-corrected chi connectivity index (χ1v) is 10.8. The second kappa shape index (κ2) is 6.24. The predicted octanol–water partition coefficient (Wildman–Crippen LogP) is 6.65. The van der Waals surface area contributed by atoms with Crippen LogP contribution in [-0.4, -0.2) is 9.38 Å². The van der Waals surface area contributed by atoms with Gasteiger partial charge in [-0.3, -0.25) is 9.20 Å². The third-order valence-electron chi connectivity index (χ3n) is 5.27. The third kappa shape index (κ3) is 2.48. The molecule has 0 fully saturated rings. The van der Waals surface area contributed by atoms with Gasteiger partial charge in [-0.25, -0.2) is 4.98 Å². The van der Waals surface area contributed by atoms with Crippen LogP contribution < -0.4 is 5.56 Å². The van der Waals surface area contributed by atoms with Crippen LogP contribution in [0.2, 0.25) is 0 Å². The molecule has 6 aromatic rings. The summed E-state index contributed by atoms with van der Waals surface area (Å²) in [5.74, 6) is 0. The molecule has 29 heavy (non-hydrogen) atoms. The summed E-state index contributed by atoms with van der Waals surface area (Å²) in [7, 11) is 0. The lowest BCUT2D eigenvalue weighted by molar-refractivity contribution is 1.22. The number of aromatic nitrogens is 2. The molecule has 0 N–H and O–H groups in total. The van der Waals surface area contributed by atoms with Crippen molar-refractivity contribution in [3.8, 4) is 11.3 Å². The average molecular weight is 457 g/mol. The van der Waals surface area contributed by atoms with Crippen molar-refractivity contribution in [1.82, 2.24) is 9.38 Å². The maximum atomic E-state index is 13.7. The lowest BCUT2D eigenvalue weighted by atomic mass is 10.1. The van der Waals surface area contributed by atoms with Crippen LogP contribution in [0.3, 0.4) is 0 Å². The van der Waals surface area contributed by atoms with Crippen LogP contribution in [-0.2, 0) is 0 Å². The molecule has 0 saturated carbocycles. The molecule has 0 amide bonds. The van der Waals surface area contributed by atoms with Gasteiger partial charge in [0.2, 0.25) is 0 Å². The first kappa shape index (κ1) is 16.9. The Morgan fingerprint density at radius 1 is 0.897 bits per heavy atom. The Labute approximate surface area is 178 Å². The smallest absolute Gasteiger partial charge is 0.265 e. The number of para-hydroxylation sites is 2. The van der Waals surface area contributed by atoms with Crippen LogP contribution in [0.25, 0.3) is 48.0 Å². The van der Waals surface area contributed by atoms with E-state index in [0.29, 0.717) is 0 Å². The van der Waals surface area contributed by atoms with E-state index in [-0.39, 0.29) is 5.56 Å². The minimum absolute atomic E-state index is 0.00640. The first-order chi connectivity index (χ1) is 14.2. The van der Waals surface area contributed by atoms with Gasteiger partial charge in [-0.15, -0.1) is 11.3 Å². The molecule has 3 aromatic carbocycles. The zero-order valence-electron chi connectivity index (χ0n) is 15.1. The van der Waals surface area contributed by atoms with Gasteiger partial charge in [0.1, 0.15) is 4.83 Å². The largest absolute Gasteiger partial charge is 0.268 e. The Morgan fingerprint density at radius 3 is 2.52 bits per heavy atom. The Bertz CT molecular complexity index is 1630. The van der Waals surface area contributed by atoms with Crippen molar-refractivity contribution in [1.29, 1.82) is 0 Å². The van der Waals surface area contributed by atoms with E-state index >= 15 is 0 Å². The molecule has 3 aromatic heterocycles. The number of hydrogen-bond acceptors (Lipinski definition) is 3. The number of pyridine rings is 1. The summed E-state index contributed by atoms with van der Waals surface area (Å²) >= 11 is 5.12. The van der Waals surface area contributed by atoms with E-state index in [1.807, 2.05) is 77.2 Å². The van der Waals surface area contributed by atoms with Crippen molar-refractivity contribution in [2.75, 3.05) is 0 Å². The molecule has 0 saturated heterocycles. The molecule has 0 bridgehead atoms. The lowest BCUT2D eigenvalue weighted by Crippen LogP contribution is -2.12. The normalized spacial score (nSPS) is 11.8. The number of rotatable bonds is 1.